The molecule has 1 heterocycles. The first-order valence-corrected chi connectivity index (χ1v) is 2.86. The van der Waals surface area contributed by atoms with Crippen LogP contribution in [0.2, 0.25) is 0 Å². The Bertz CT molecular complexity index is 130. The van der Waals surface area contributed by atoms with Gasteiger partial charge >= 0.3 is 5.97 Å². The number of rotatable bonds is 1. The van der Waals surface area contributed by atoms with E-state index in [1.165, 1.54) is 0 Å². The minimum Gasteiger partial charge on any atom is -0.480 e. The number of aliphatic hydroxyl groups excluding tert-OH is 1. The van der Waals surface area contributed by atoms with Gasteiger partial charge in [0.2, 0.25) is 0 Å². The second-order valence-corrected chi connectivity index (χ2v) is 2.13. The zero-order chi connectivity index (χ0) is 6.85. The van der Waals surface area contributed by atoms with E-state index < -0.39 is 18.1 Å². The molecule has 0 aromatic carbocycles. The molecule has 0 spiro atoms. The second kappa shape index (κ2) is 3.75. The highest BCUT2D eigenvalue weighted by molar-refractivity contribution is 5.85. The number of carboxylic acid groups (broad SMARTS) is 1. The van der Waals surface area contributed by atoms with Crippen molar-refractivity contribution in [1.82, 2.24) is 5.32 Å². The SMILES string of the molecule is Cl.O=C(O)[C@@H]1NCC[C@H]1O. The highest BCUT2D eigenvalue weighted by Crippen LogP contribution is 2.05. The van der Waals surface area contributed by atoms with Gasteiger partial charge in [-0.15, -0.1) is 12.4 Å². The lowest BCUT2D eigenvalue weighted by Gasteiger charge is -2.06. The molecule has 3 N–H and O–H groups in total. The molecule has 0 saturated carbocycles. The van der Waals surface area contributed by atoms with Crippen LogP contribution in [0.15, 0.2) is 0 Å². The van der Waals surface area contributed by atoms with Gasteiger partial charge in [0.15, 0.2) is 0 Å². The first-order chi connectivity index (χ1) is 4.22. The van der Waals surface area contributed by atoms with Crippen molar-refractivity contribution in [3.8, 4) is 0 Å². The predicted octanol–water partition coefficient (Wildman–Crippen LogP) is -0.784. The Balaban J connectivity index is 0.000000810. The summed E-state index contributed by atoms with van der Waals surface area (Å²) in [5.74, 6) is -0.972. The molecule has 2 atom stereocenters. The number of hydrogen-bond acceptors (Lipinski definition) is 3. The van der Waals surface area contributed by atoms with Gasteiger partial charge in [-0.2, -0.15) is 0 Å². The Kier molecular flexibility index (Phi) is 3.63. The molecule has 1 fully saturated rings. The zero-order valence-corrected chi connectivity index (χ0v) is 6.10. The van der Waals surface area contributed by atoms with Gasteiger partial charge < -0.3 is 15.5 Å². The van der Waals surface area contributed by atoms with Crippen molar-refractivity contribution in [3.05, 3.63) is 0 Å². The lowest BCUT2D eigenvalue weighted by Crippen LogP contribution is -2.38. The van der Waals surface area contributed by atoms with E-state index in [1.54, 1.807) is 0 Å². The van der Waals surface area contributed by atoms with Crippen molar-refractivity contribution in [3.63, 3.8) is 0 Å². The van der Waals surface area contributed by atoms with Crippen LogP contribution < -0.4 is 5.32 Å². The average molecular weight is 168 g/mol. The Labute approximate surface area is 64.6 Å². The predicted molar refractivity (Wildman–Crippen MR) is 37.3 cm³/mol. The minimum absolute atomic E-state index is 0. The molecule has 0 aliphatic carbocycles. The van der Waals surface area contributed by atoms with Crippen molar-refractivity contribution < 1.29 is 15.0 Å². The van der Waals surface area contributed by atoms with Crippen LogP contribution in [0, 0.1) is 0 Å². The first kappa shape index (κ1) is 9.68. The molecule has 0 amide bonds. The number of nitrogens with one attached hydrogen (secondary N) is 1. The van der Waals surface area contributed by atoms with Crippen LogP contribution in [-0.2, 0) is 4.79 Å². The molecule has 0 unspecified atom stereocenters. The molecule has 1 rings (SSSR count). The Morgan fingerprint density at radius 3 is 2.40 bits per heavy atom. The van der Waals surface area contributed by atoms with E-state index in [-0.39, 0.29) is 12.4 Å². The zero-order valence-electron chi connectivity index (χ0n) is 5.28. The number of aliphatic hydroxyl groups is 1. The summed E-state index contributed by atoms with van der Waals surface area (Å²) in [4.78, 5) is 10.2. The normalized spacial score (nSPS) is 31.3. The van der Waals surface area contributed by atoms with Gasteiger partial charge in [-0.1, -0.05) is 0 Å². The third-order valence-electron chi connectivity index (χ3n) is 1.46. The summed E-state index contributed by atoms with van der Waals surface area (Å²) in [5, 5.41) is 19.9. The van der Waals surface area contributed by atoms with Crippen LogP contribution in [-0.4, -0.2) is 34.9 Å². The molecule has 5 heteroatoms. The minimum atomic E-state index is -0.972. The number of carbonyl (C=O) groups is 1. The van der Waals surface area contributed by atoms with Crippen molar-refractivity contribution in [2.24, 2.45) is 0 Å². The molecule has 4 nitrogen and oxygen atoms in total. The molecular formula is C5H10ClNO3. The van der Waals surface area contributed by atoms with Crippen LogP contribution in [0.4, 0.5) is 0 Å². The van der Waals surface area contributed by atoms with Crippen LogP contribution >= 0.6 is 12.4 Å². The number of hydrogen-bond donors (Lipinski definition) is 3. The molecule has 0 aromatic rings. The number of halogens is 1. The average Bonchev–Trinajstić information content (AvgIpc) is 2.13. The summed E-state index contributed by atoms with van der Waals surface area (Å²) < 4.78 is 0. The smallest absolute Gasteiger partial charge is 0.323 e. The standard InChI is InChI=1S/C5H9NO3.ClH/c7-3-1-2-6-4(3)5(8)9;/h3-4,6-7H,1-2H2,(H,8,9);1H/t3-,4-;/m1./s1. The maximum absolute atomic E-state index is 10.2. The lowest BCUT2D eigenvalue weighted by molar-refractivity contribution is -0.141. The van der Waals surface area contributed by atoms with Gasteiger partial charge in [0.25, 0.3) is 0 Å². The summed E-state index contributed by atoms with van der Waals surface area (Å²) in [6.07, 6.45) is -0.167. The van der Waals surface area contributed by atoms with Gasteiger partial charge in [0, 0.05) is 0 Å². The monoisotopic (exact) mass is 167 g/mol. The fourth-order valence-electron chi connectivity index (χ4n) is 0.941. The molecule has 0 aromatic heterocycles. The highest BCUT2D eigenvalue weighted by Gasteiger charge is 2.30. The third kappa shape index (κ3) is 1.83. The molecule has 1 aliphatic heterocycles. The molecule has 0 radical (unpaired) electrons. The van der Waals surface area contributed by atoms with Gasteiger partial charge in [0.1, 0.15) is 6.04 Å². The maximum Gasteiger partial charge on any atom is 0.323 e. The Morgan fingerprint density at radius 2 is 2.20 bits per heavy atom. The molecule has 1 aliphatic rings. The fourth-order valence-corrected chi connectivity index (χ4v) is 0.941. The third-order valence-corrected chi connectivity index (χ3v) is 1.46. The lowest BCUT2D eigenvalue weighted by atomic mass is 10.2. The topological polar surface area (TPSA) is 69.6 Å². The van der Waals surface area contributed by atoms with Crippen LogP contribution in [0.1, 0.15) is 6.42 Å². The van der Waals surface area contributed by atoms with Gasteiger partial charge in [-0.25, -0.2) is 0 Å². The molecule has 10 heavy (non-hydrogen) atoms. The Hall–Kier alpha value is -0.320. The van der Waals surface area contributed by atoms with Crippen molar-refractivity contribution in [2.45, 2.75) is 18.6 Å². The summed E-state index contributed by atoms with van der Waals surface area (Å²) >= 11 is 0. The van der Waals surface area contributed by atoms with Crippen molar-refractivity contribution >= 4 is 18.4 Å². The molecule has 60 valence electrons. The van der Waals surface area contributed by atoms with Gasteiger partial charge in [-0.05, 0) is 13.0 Å². The maximum atomic E-state index is 10.2. The van der Waals surface area contributed by atoms with E-state index in [1.807, 2.05) is 0 Å². The van der Waals surface area contributed by atoms with Gasteiger partial charge in [0.05, 0.1) is 6.10 Å². The quantitative estimate of drug-likeness (QED) is 0.479. The summed E-state index contributed by atoms with van der Waals surface area (Å²) in [6.45, 7) is 0.595. The van der Waals surface area contributed by atoms with E-state index in [4.69, 9.17) is 10.2 Å². The van der Waals surface area contributed by atoms with Crippen LogP contribution in [0.25, 0.3) is 0 Å². The van der Waals surface area contributed by atoms with Crippen LogP contribution in [0.3, 0.4) is 0 Å². The number of carboxylic acids is 1. The van der Waals surface area contributed by atoms with Gasteiger partial charge in [-0.3, -0.25) is 4.79 Å². The van der Waals surface area contributed by atoms with E-state index in [9.17, 15) is 4.79 Å². The van der Waals surface area contributed by atoms with E-state index >= 15 is 0 Å². The number of aliphatic carboxylic acids is 1. The summed E-state index contributed by atoms with van der Waals surface area (Å²) in [7, 11) is 0. The van der Waals surface area contributed by atoms with Crippen molar-refractivity contribution in [1.29, 1.82) is 0 Å². The molecular weight excluding hydrogens is 158 g/mol. The highest BCUT2D eigenvalue weighted by atomic mass is 35.5. The molecule has 0 bridgehead atoms. The summed E-state index contributed by atoms with van der Waals surface area (Å²) in [5.41, 5.74) is 0. The Morgan fingerprint density at radius 1 is 1.60 bits per heavy atom. The summed E-state index contributed by atoms with van der Waals surface area (Å²) in [6, 6.07) is -0.745. The largest absolute Gasteiger partial charge is 0.480 e. The first-order valence-electron chi connectivity index (χ1n) is 2.86. The van der Waals surface area contributed by atoms with E-state index in [0.29, 0.717) is 13.0 Å². The van der Waals surface area contributed by atoms with Crippen LogP contribution in [0.5, 0.6) is 0 Å². The van der Waals surface area contributed by atoms with E-state index in [0.717, 1.165) is 0 Å². The van der Waals surface area contributed by atoms with E-state index in [2.05, 4.69) is 5.32 Å². The second-order valence-electron chi connectivity index (χ2n) is 2.13. The van der Waals surface area contributed by atoms with Crippen molar-refractivity contribution in [2.75, 3.05) is 6.54 Å². The molecule has 1 saturated heterocycles. The fraction of sp³-hybridized carbons (Fsp3) is 0.800.